The van der Waals surface area contributed by atoms with Crippen molar-refractivity contribution in [2.45, 2.75) is 19.4 Å². The third-order valence-electron chi connectivity index (χ3n) is 4.22. The third-order valence-corrected chi connectivity index (χ3v) is 4.22. The summed E-state index contributed by atoms with van der Waals surface area (Å²) in [6, 6.07) is 14.6. The van der Waals surface area contributed by atoms with Crippen LogP contribution in [-0.4, -0.2) is 41.5 Å². The van der Waals surface area contributed by atoms with E-state index in [4.69, 9.17) is 0 Å². The molecule has 5 nitrogen and oxygen atoms in total. The predicted molar refractivity (Wildman–Crippen MR) is 104 cm³/mol. The summed E-state index contributed by atoms with van der Waals surface area (Å²) in [5.41, 5.74) is 3.12. The Balaban J connectivity index is 1.46. The Bertz CT molecular complexity index is 836. The number of guanidine groups is 1. The van der Waals surface area contributed by atoms with Crippen molar-refractivity contribution in [1.82, 2.24) is 20.2 Å². The number of nitrogens with zero attached hydrogens (tertiary/aromatic N) is 3. The smallest absolute Gasteiger partial charge is 0.193 e. The van der Waals surface area contributed by atoms with Crippen LogP contribution < -0.4 is 5.32 Å². The third kappa shape index (κ3) is 4.59. The quantitative estimate of drug-likeness (QED) is 0.406. The lowest BCUT2D eigenvalue weighted by Gasteiger charge is -2.22. The van der Waals surface area contributed by atoms with Gasteiger partial charge in [-0.1, -0.05) is 24.3 Å². The number of nitrogens with one attached hydrogen (secondary N) is 2. The van der Waals surface area contributed by atoms with Crippen LogP contribution in [0.4, 0.5) is 4.39 Å². The first-order valence-electron chi connectivity index (χ1n) is 8.75. The molecule has 3 aromatic rings. The minimum atomic E-state index is -0.218. The Morgan fingerprint density at radius 1 is 1.19 bits per heavy atom. The predicted octanol–water partition coefficient (Wildman–Crippen LogP) is 3.34. The Hall–Kier alpha value is -2.89. The number of aliphatic imine (C=N–C) groups is 1. The van der Waals surface area contributed by atoms with Gasteiger partial charge in [-0.2, -0.15) is 0 Å². The lowest BCUT2D eigenvalue weighted by Crippen LogP contribution is -2.39. The molecule has 26 heavy (non-hydrogen) atoms. The highest BCUT2D eigenvalue weighted by Gasteiger charge is 2.07. The number of imidazole rings is 1. The molecule has 0 saturated heterocycles. The molecule has 2 aromatic carbocycles. The van der Waals surface area contributed by atoms with Crippen molar-refractivity contribution in [3.8, 4) is 0 Å². The number of para-hydroxylation sites is 2. The number of benzene rings is 2. The molecule has 2 N–H and O–H groups in total. The Morgan fingerprint density at radius 2 is 1.96 bits per heavy atom. The zero-order valence-electron chi connectivity index (χ0n) is 15.2. The molecule has 0 saturated carbocycles. The van der Waals surface area contributed by atoms with Gasteiger partial charge in [-0.05, 0) is 36.2 Å². The van der Waals surface area contributed by atoms with Crippen molar-refractivity contribution in [3.05, 3.63) is 65.7 Å². The van der Waals surface area contributed by atoms with Crippen LogP contribution in [0.2, 0.25) is 0 Å². The summed E-state index contributed by atoms with van der Waals surface area (Å²) in [6.45, 7) is 1.47. The van der Waals surface area contributed by atoms with Gasteiger partial charge in [-0.15, -0.1) is 0 Å². The Kier molecular flexibility index (Phi) is 5.84. The molecular weight excluding hydrogens is 329 g/mol. The van der Waals surface area contributed by atoms with E-state index in [1.54, 1.807) is 19.2 Å². The molecule has 136 valence electrons. The van der Waals surface area contributed by atoms with Gasteiger partial charge < -0.3 is 15.2 Å². The maximum absolute atomic E-state index is 13.0. The number of hydrogen-bond acceptors (Lipinski definition) is 2. The largest absolute Gasteiger partial charge is 0.356 e. The summed E-state index contributed by atoms with van der Waals surface area (Å²) in [4.78, 5) is 14.3. The second-order valence-electron chi connectivity index (χ2n) is 6.26. The number of aromatic amines is 1. The molecule has 3 rings (SSSR count). The fourth-order valence-corrected chi connectivity index (χ4v) is 2.90. The van der Waals surface area contributed by atoms with Crippen molar-refractivity contribution < 1.29 is 4.39 Å². The van der Waals surface area contributed by atoms with Crippen LogP contribution in [0.25, 0.3) is 11.0 Å². The SMILES string of the molecule is CN=C(NCCCc1nc2ccccc2[nH]1)N(C)Cc1ccc(F)cc1. The van der Waals surface area contributed by atoms with Crippen LogP contribution in [0, 0.1) is 5.82 Å². The zero-order valence-corrected chi connectivity index (χ0v) is 15.2. The number of rotatable bonds is 6. The van der Waals surface area contributed by atoms with Crippen molar-refractivity contribution in [1.29, 1.82) is 0 Å². The first-order chi connectivity index (χ1) is 12.7. The van der Waals surface area contributed by atoms with Crippen LogP contribution in [0.5, 0.6) is 0 Å². The topological polar surface area (TPSA) is 56.3 Å². The molecule has 0 bridgehead atoms. The molecule has 0 aliphatic heterocycles. The molecule has 1 aromatic heterocycles. The summed E-state index contributed by atoms with van der Waals surface area (Å²) in [7, 11) is 3.74. The molecule has 0 unspecified atom stereocenters. The molecule has 1 heterocycles. The normalized spacial score (nSPS) is 11.7. The summed E-state index contributed by atoms with van der Waals surface area (Å²) in [6.07, 6.45) is 1.82. The molecular formula is C20H24FN5. The van der Waals surface area contributed by atoms with Gasteiger partial charge in [0.05, 0.1) is 11.0 Å². The number of H-pyrrole nitrogens is 1. The van der Waals surface area contributed by atoms with E-state index in [2.05, 4.69) is 20.3 Å². The Morgan fingerprint density at radius 3 is 2.69 bits per heavy atom. The van der Waals surface area contributed by atoms with E-state index < -0.39 is 0 Å². The minimum absolute atomic E-state index is 0.218. The standard InChI is InChI=1S/C20H24FN5/c1-22-20(26(2)14-15-9-11-16(21)12-10-15)23-13-5-8-19-24-17-6-3-4-7-18(17)25-19/h3-4,6-7,9-12H,5,8,13-14H2,1-2H3,(H,22,23)(H,24,25). The fourth-order valence-electron chi connectivity index (χ4n) is 2.90. The zero-order chi connectivity index (χ0) is 18.4. The second kappa shape index (κ2) is 8.47. The number of aromatic nitrogens is 2. The van der Waals surface area contributed by atoms with E-state index in [0.29, 0.717) is 6.54 Å². The van der Waals surface area contributed by atoms with Gasteiger partial charge in [0.25, 0.3) is 0 Å². The van der Waals surface area contributed by atoms with Crippen LogP contribution >= 0.6 is 0 Å². The first-order valence-corrected chi connectivity index (χ1v) is 8.75. The second-order valence-corrected chi connectivity index (χ2v) is 6.26. The molecule has 6 heteroatoms. The Labute approximate surface area is 153 Å². The monoisotopic (exact) mass is 353 g/mol. The number of fused-ring (bicyclic) bond motifs is 1. The van der Waals surface area contributed by atoms with Crippen LogP contribution in [-0.2, 0) is 13.0 Å². The van der Waals surface area contributed by atoms with E-state index in [9.17, 15) is 4.39 Å². The van der Waals surface area contributed by atoms with Gasteiger partial charge >= 0.3 is 0 Å². The maximum atomic E-state index is 13.0. The van der Waals surface area contributed by atoms with E-state index in [1.165, 1.54) is 12.1 Å². The van der Waals surface area contributed by atoms with Crippen molar-refractivity contribution in [2.75, 3.05) is 20.6 Å². The van der Waals surface area contributed by atoms with Gasteiger partial charge in [-0.25, -0.2) is 9.37 Å². The van der Waals surface area contributed by atoms with Gasteiger partial charge in [0, 0.05) is 33.6 Å². The van der Waals surface area contributed by atoms with Crippen LogP contribution in [0.15, 0.2) is 53.5 Å². The van der Waals surface area contributed by atoms with E-state index >= 15 is 0 Å². The van der Waals surface area contributed by atoms with E-state index in [1.807, 2.05) is 36.2 Å². The van der Waals surface area contributed by atoms with Crippen molar-refractivity contribution >= 4 is 17.0 Å². The molecule has 0 fully saturated rings. The van der Waals surface area contributed by atoms with E-state index in [0.717, 1.165) is 47.8 Å². The summed E-state index contributed by atoms with van der Waals surface area (Å²) in [5, 5.41) is 3.37. The summed E-state index contributed by atoms with van der Waals surface area (Å²) in [5.74, 6) is 1.60. The highest BCUT2D eigenvalue weighted by Crippen LogP contribution is 2.11. The minimum Gasteiger partial charge on any atom is -0.356 e. The summed E-state index contributed by atoms with van der Waals surface area (Å²) < 4.78 is 13.0. The molecule has 0 aliphatic carbocycles. The number of aryl methyl sites for hydroxylation is 1. The summed E-state index contributed by atoms with van der Waals surface area (Å²) >= 11 is 0. The van der Waals surface area contributed by atoms with E-state index in [-0.39, 0.29) is 5.82 Å². The molecule has 0 spiro atoms. The average molecular weight is 353 g/mol. The fraction of sp³-hybridized carbons (Fsp3) is 0.300. The highest BCUT2D eigenvalue weighted by atomic mass is 19.1. The van der Waals surface area contributed by atoms with Gasteiger partial charge in [0.2, 0.25) is 0 Å². The molecule has 0 amide bonds. The lowest BCUT2D eigenvalue weighted by molar-refractivity contribution is 0.475. The van der Waals surface area contributed by atoms with Crippen molar-refractivity contribution in [2.24, 2.45) is 4.99 Å². The first kappa shape index (κ1) is 17.9. The van der Waals surface area contributed by atoms with Crippen molar-refractivity contribution in [3.63, 3.8) is 0 Å². The van der Waals surface area contributed by atoms with Gasteiger partial charge in [-0.3, -0.25) is 4.99 Å². The van der Waals surface area contributed by atoms with Crippen LogP contribution in [0.3, 0.4) is 0 Å². The average Bonchev–Trinajstić information content (AvgIpc) is 3.06. The van der Waals surface area contributed by atoms with Gasteiger partial charge in [0.15, 0.2) is 5.96 Å². The number of hydrogen-bond donors (Lipinski definition) is 2. The number of halogens is 1. The van der Waals surface area contributed by atoms with Crippen LogP contribution in [0.1, 0.15) is 17.8 Å². The lowest BCUT2D eigenvalue weighted by atomic mass is 10.2. The molecule has 0 aliphatic rings. The maximum Gasteiger partial charge on any atom is 0.193 e. The molecule has 0 atom stereocenters. The van der Waals surface area contributed by atoms with Gasteiger partial charge in [0.1, 0.15) is 11.6 Å². The molecule has 0 radical (unpaired) electrons. The highest BCUT2D eigenvalue weighted by molar-refractivity contribution is 5.79.